The molecule has 0 aliphatic rings. The summed E-state index contributed by atoms with van der Waals surface area (Å²) in [6, 6.07) is 9.56. The molecule has 1 aromatic carbocycles. The summed E-state index contributed by atoms with van der Waals surface area (Å²) in [6.45, 7) is 5.81. The maximum Gasteiger partial charge on any atom is 0.248 e. The number of nitrogens with zero attached hydrogens (tertiary/aromatic N) is 4. The standard InChI is InChI=1S/C19H19FN6O/c1-11-5-4-6-16(23-11)19(2,3)24-18-22-10-15(25-26-18)13-9-12(17(21)27)7-8-14(13)20/h4-10H,1-3H3,(H2,21,27)(H,22,24,26). The van der Waals surface area contributed by atoms with Crippen LogP contribution in [0.3, 0.4) is 0 Å². The molecule has 0 saturated heterocycles. The molecule has 3 aromatic rings. The average molecular weight is 366 g/mol. The zero-order valence-corrected chi connectivity index (χ0v) is 15.2. The van der Waals surface area contributed by atoms with Gasteiger partial charge >= 0.3 is 0 Å². The van der Waals surface area contributed by atoms with Crippen LogP contribution in [0, 0.1) is 12.7 Å². The molecule has 0 fully saturated rings. The molecule has 1 amide bonds. The van der Waals surface area contributed by atoms with Gasteiger partial charge in [0, 0.05) is 16.8 Å². The van der Waals surface area contributed by atoms with Crippen molar-refractivity contribution in [1.29, 1.82) is 0 Å². The molecule has 0 unspecified atom stereocenters. The number of anilines is 1. The number of pyridine rings is 1. The van der Waals surface area contributed by atoms with Crippen LogP contribution in [0.1, 0.15) is 35.6 Å². The molecule has 0 aliphatic heterocycles. The SMILES string of the molecule is Cc1cccc(C(C)(C)Nc2ncc(-c3cc(C(N)=O)ccc3F)nn2)n1. The van der Waals surface area contributed by atoms with Crippen molar-refractivity contribution in [2.24, 2.45) is 5.73 Å². The minimum absolute atomic E-state index is 0.109. The number of nitrogens with one attached hydrogen (secondary N) is 1. The fourth-order valence-electron chi connectivity index (χ4n) is 2.57. The number of aryl methyl sites for hydroxylation is 1. The van der Waals surface area contributed by atoms with E-state index in [1.165, 1.54) is 18.3 Å². The van der Waals surface area contributed by atoms with Crippen molar-refractivity contribution in [3.8, 4) is 11.3 Å². The van der Waals surface area contributed by atoms with Crippen LogP contribution in [0.4, 0.5) is 10.3 Å². The maximum absolute atomic E-state index is 14.1. The molecule has 2 heterocycles. The van der Waals surface area contributed by atoms with Gasteiger partial charge in [-0.15, -0.1) is 10.2 Å². The van der Waals surface area contributed by atoms with Crippen LogP contribution in [0.5, 0.6) is 0 Å². The molecule has 3 N–H and O–H groups in total. The van der Waals surface area contributed by atoms with Crippen LogP contribution < -0.4 is 11.1 Å². The predicted molar refractivity (Wildman–Crippen MR) is 99.4 cm³/mol. The Morgan fingerprint density at radius 2 is 1.96 bits per heavy atom. The first-order valence-corrected chi connectivity index (χ1v) is 8.28. The number of hydrogen-bond acceptors (Lipinski definition) is 6. The summed E-state index contributed by atoms with van der Waals surface area (Å²) in [6.07, 6.45) is 1.39. The third-order valence-electron chi connectivity index (χ3n) is 4.04. The Balaban J connectivity index is 1.86. The lowest BCUT2D eigenvalue weighted by Gasteiger charge is -2.25. The van der Waals surface area contributed by atoms with E-state index in [1.54, 1.807) is 0 Å². The third-order valence-corrected chi connectivity index (χ3v) is 4.04. The van der Waals surface area contributed by atoms with Crippen LogP contribution in [0.15, 0.2) is 42.6 Å². The highest BCUT2D eigenvalue weighted by atomic mass is 19.1. The van der Waals surface area contributed by atoms with Gasteiger partial charge in [0.15, 0.2) is 0 Å². The number of primary amides is 1. The number of carbonyl (C=O) groups excluding carboxylic acids is 1. The van der Waals surface area contributed by atoms with Crippen LogP contribution in [-0.2, 0) is 5.54 Å². The zero-order valence-electron chi connectivity index (χ0n) is 15.2. The Morgan fingerprint density at radius 1 is 1.19 bits per heavy atom. The minimum atomic E-state index is -0.650. The molecular formula is C19H19FN6O. The first-order valence-electron chi connectivity index (χ1n) is 8.28. The van der Waals surface area contributed by atoms with E-state index >= 15 is 0 Å². The summed E-state index contributed by atoms with van der Waals surface area (Å²) in [5.74, 6) is -0.914. The number of halogens is 1. The summed E-state index contributed by atoms with van der Waals surface area (Å²) in [5, 5.41) is 11.2. The number of amides is 1. The van der Waals surface area contributed by atoms with Crippen LogP contribution >= 0.6 is 0 Å². The summed E-state index contributed by atoms with van der Waals surface area (Å²) in [5.41, 5.74) is 6.93. The Hall–Kier alpha value is -3.42. The fraction of sp³-hybridized carbons (Fsp3) is 0.211. The second-order valence-electron chi connectivity index (χ2n) is 6.64. The molecule has 8 heteroatoms. The Kier molecular flexibility index (Phi) is 4.81. The van der Waals surface area contributed by atoms with Crippen molar-refractivity contribution >= 4 is 11.9 Å². The molecule has 7 nitrogen and oxygen atoms in total. The molecule has 3 rings (SSSR count). The first-order chi connectivity index (χ1) is 12.8. The summed E-state index contributed by atoms with van der Waals surface area (Å²) in [7, 11) is 0. The van der Waals surface area contributed by atoms with Crippen molar-refractivity contribution in [1.82, 2.24) is 20.2 Å². The smallest absolute Gasteiger partial charge is 0.248 e. The van der Waals surface area contributed by atoms with Gasteiger partial charge in [0.05, 0.1) is 17.4 Å². The van der Waals surface area contributed by atoms with Gasteiger partial charge in [-0.25, -0.2) is 9.37 Å². The lowest BCUT2D eigenvalue weighted by molar-refractivity contribution is 0.100. The highest BCUT2D eigenvalue weighted by Gasteiger charge is 2.23. The number of rotatable bonds is 5. The van der Waals surface area contributed by atoms with Gasteiger partial charge in [0.2, 0.25) is 11.9 Å². The van der Waals surface area contributed by atoms with Gasteiger partial charge in [-0.05, 0) is 51.1 Å². The van der Waals surface area contributed by atoms with E-state index < -0.39 is 17.3 Å². The molecule has 0 radical (unpaired) electrons. The molecule has 2 aromatic heterocycles. The van der Waals surface area contributed by atoms with E-state index in [0.717, 1.165) is 17.5 Å². The molecule has 0 bridgehead atoms. The van der Waals surface area contributed by atoms with Gasteiger partial charge in [0.1, 0.15) is 11.5 Å². The summed E-state index contributed by atoms with van der Waals surface area (Å²) in [4.78, 5) is 20.0. The second kappa shape index (κ2) is 7.06. The van der Waals surface area contributed by atoms with Gasteiger partial charge in [-0.2, -0.15) is 0 Å². The Bertz CT molecular complexity index is 988. The highest BCUT2D eigenvalue weighted by Crippen LogP contribution is 2.24. The van der Waals surface area contributed by atoms with Crippen LogP contribution in [0.25, 0.3) is 11.3 Å². The number of carbonyl (C=O) groups is 1. The molecule has 0 aliphatic carbocycles. The summed E-state index contributed by atoms with van der Waals surface area (Å²) < 4.78 is 14.1. The lowest BCUT2D eigenvalue weighted by Crippen LogP contribution is -2.30. The second-order valence-corrected chi connectivity index (χ2v) is 6.64. The number of nitrogens with two attached hydrogens (primary N) is 1. The quantitative estimate of drug-likeness (QED) is 0.719. The van der Waals surface area contributed by atoms with Crippen molar-refractivity contribution < 1.29 is 9.18 Å². The van der Waals surface area contributed by atoms with E-state index in [1.807, 2.05) is 39.0 Å². The van der Waals surface area contributed by atoms with Crippen LogP contribution in [0.2, 0.25) is 0 Å². The van der Waals surface area contributed by atoms with E-state index in [-0.39, 0.29) is 22.8 Å². The highest BCUT2D eigenvalue weighted by molar-refractivity contribution is 5.94. The third kappa shape index (κ3) is 4.05. The van der Waals surface area contributed by atoms with Crippen molar-refractivity contribution in [2.45, 2.75) is 26.3 Å². The van der Waals surface area contributed by atoms with Crippen molar-refractivity contribution in [3.63, 3.8) is 0 Å². The van der Waals surface area contributed by atoms with Gasteiger partial charge in [-0.1, -0.05) is 6.07 Å². The molecule has 138 valence electrons. The largest absolute Gasteiger partial charge is 0.366 e. The molecule has 0 saturated carbocycles. The van der Waals surface area contributed by atoms with E-state index in [0.29, 0.717) is 0 Å². The van der Waals surface area contributed by atoms with E-state index in [2.05, 4.69) is 25.5 Å². The van der Waals surface area contributed by atoms with Crippen molar-refractivity contribution in [3.05, 3.63) is 65.4 Å². The predicted octanol–water partition coefficient (Wildman–Crippen LogP) is 2.83. The minimum Gasteiger partial charge on any atom is -0.366 e. The Labute approximate surface area is 155 Å². The van der Waals surface area contributed by atoms with Gasteiger partial charge in [-0.3, -0.25) is 9.78 Å². The number of aromatic nitrogens is 4. The topological polar surface area (TPSA) is 107 Å². The summed E-state index contributed by atoms with van der Waals surface area (Å²) >= 11 is 0. The van der Waals surface area contributed by atoms with Crippen LogP contribution in [-0.4, -0.2) is 26.1 Å². The number of hydrogen-bond donors (Lipinski definition) is 2. The van der Waals surface area contributed by atoms with Gasteiger partial charge < -0.3 is 11.1 Å². The molecule has 0 spiro atoms. The monoisotopic (exact) mass is 366 g/mol. The first kappa shape index (κ1) is 18.4. The Morgan fingerprint density at radius 3 is 2.59 bits per heavy atom. The normalized spacial score (nSPS) is 11.3. The maximum atomic E-state index is 14.1. The average Bonchev–Trinajstić information content (AvgIpc) is 2.62. The van der Waals surface area contributed by atoms with Crippen molar-refractivity contribution in [2.75, 3.05) is 5.32 Å². The number of benzene rings is 1. The zero-order chi connectivity index (χ0) is 19.6. The fourth-order valence-corrected chi connectivity index (χ4v) is 2.57. The molecule has 0 atom stereocenters. The molecule has 27 heavy (non-hydrogen) atoms. The lowest BCUT2D eigenvalue weighted by atomic mass is 10.00. The van der Waals surface area contributed by atoms with E-state index in [4.69, 9.17) is 5.73 Å². The van der Waals surface area contributed by atoms with Gasteiger partial charge in [0.25, 0.3) is 0 Å². The van der Waals surface area contributed by atoms with E-state index in [9.17, 15) is 9.18 Å². The molecular weight excluding hydrogens is 347 g/mol.